The number of fused-ring (bicyclic) bond motifs is 2. The van der Waals surface area contributed by atoms with Crippen LogP contribution in [0.2, 0.25) is 5.02 Å². The average Bonchev–Trinajstić information content (AvgIpc) is 3.09. The van der Waals surface area contributed by atoms with E-state index in [4.69, 9.17) is 25.8 Å². The molecule has 0 amide bonds. The first-order valence-electron chi connectivity index (χ1n) is 10.1. The summed E-state index contributed by atoms with van der Waals surface area (Å²) in [6, 6.07) is 12.0. The molecule has 0 unspecified atom stereocenters. The van der Waals surface area contributed by atoms with Gasteiger partial charge in [0, 0.05) is 17.7 Å². The Kier molecular flexibility index (Phi) is 6.19. The van der Waals surface area contributed by atoms with Gasteiger partial charge in [0.2, 0.25) is 5.79 Å². The molecule has 1 spiro atoms. The molecule has 5 atom stereocenters. The second-order valence-corrected chi connectivity index (χ2v) is 8.35. The molecule has 2 aromatic rings. The molecule has 162 valence electrons. The van der Waals surface area contributed by atoms with Crippen LogP contribution in [0.5, 0.6) is 0 Å². The maximum absolute atomic E-state index is 10.8. The number of methoxy groups -OCH3 is 1. The zero-order chi connectivity index (χ0) is 21.5. The van der Waals surface area contributed by atoms with Crippen LogP contribution in [0, 0.1) is 0 Å². The molecule has 0 aromatic heterocycles. The minimum atomic E-state index is -1.58. The first kappa shape index (κ1) is 21.7. The third kappa shape index (κ3) is 3.67. The van der Waals surface area contributed by atoms with Gasteiger partial charge in [-0.25, -0.2) is 0 Å². The Morgan fingerprint density at radius 1 is 1.10 bits per heavy atom. The monoisotopic (exact) mass is 434 g/mol. The van der Waals surface area contributed by atoms with Crippen molar-refractivity contribution in [2.24, 2.45) is 0 Å². The van der Waals surface area contributed by atoms with Gasteiger partial charge < -0.3 is 29.5 Å². The van der Waals surface area contributed by atoms with Crippen molar-refractivity contribution in [3.63, 3.8) is 0 Å². The zero-order valence-electron chi connectivity index (χ0n) is 17.0. The third-order valence-electron chi connectivity index (χ3n) is 6.02. The average molecular weight is 435 g/mol. The smallest absolute Gasteiger partial charge is 0.225 e. The third-order valence-corrected chi connectivity index (χ3v) is 6.37. The van der Waals surface area contributed by atoms with Crippen LogP contribution in [-0.2, 0) is 39.4 Å². The van der Waals surface area contributed by atoms with Gasteiger partial charge in [-0.05, 0) is 47.2 Å². The van der Waals surface area contributed by atoms with Crippen LogP contribution in [0.3, 0.4) is 0 Å². The van der Waals surface area contributed by atoms with Crippen molar-refractivity contribution in [3.05, 3.63) is 69.2 Å². The molecule has 1 fully saturated rings. The maximum Gasteiger partial charge on any atom is 0.225 e. The van der Waals surface area contributed by atoms with Crippen molar-refractivity contribution in [2.45, 2.75) is 56.6 Å². The number of benzene rings is 2. The highest BCUT2D eigenvalue weighted by Crippen LogP contribution is 2.47. The molecular formula is C23H27ClO6. The van der Waals surface area contributed by atoms with Crippen LogP contribution in [0.15, 0.2) is 36.4 Å². The van der Waals surface area contributed by atoms with E-state index in [-0.39, 0.29) is 13.2 Å². The summed E-state index contributed by atoms with van der Waals surface area (Å²) in [5.41, 5.74) is 4.64. The first-order valence-corrected chi connectivity index (χ1v) is 10.5. The largest absolute Gasteiger partial charge is 0.387 e. The number of aryl methyl sites for hydroxylation is 1. The van der Waals surface area contributed by atoms with Crippen LogP contribution in [-0.4, -0.2) is 53.5 Å². The van der Waals surface area contributed by atoms with E-state index in [1.807, 2.05) is 12.1 Å². The highest BCUT2D eigenvalue weighted by atomic mass is 35.5. The van der Waals surface area contributed by atoms with E-state index >= 15 is 0 Å². The number of hydrogen-bond donors (Lipinski definition) is 3. The molecule has 2 heterocycles. The first-order chi connectivity index (χ1) is 14.4. The second kappa shape index (κ2) is 8.55. The molecule has 2 aliphatic heterocycles. The van der Waals surface area contributed by atoms with Crippen molar-refractivity contribution in [3.8, 4) is 0 Å². The molecule has 7 heteroatoms. The van der Waals surface area contributed by atoms with Crippen LogP contribution in [0.25, 0.3) is 0 Å². The van der Waals surface area contributed by atoms with Crippen LogP contribution < -0.4 is 0 Å². The Bertz CT molecular complexity index is 901. The van der Waals surface area contributed by atoms with Gasteiger partial charge in [0.05, 0.1) is 13.2 Å². The molecule has 6 nitrogen and oxygen atoms in total. The summed E-state index contributed by atoms with van der Waals surface area (Å²) in [6.45, 7) is 2.35. The minimum absolute atomic E-state index is 0.0512. The van der Waals surface area contributed by atoms with E-state index in [1.54, 1.807) is 0 Å². The molecule has 0 radical (unpaired) electrons. The van der Waals surface area contributed by atoms with Crippen molar-refractivity contribution in [1.29, 1.82) is 0 Å². The summed E-state index contributed by atoms with van der Waals surface area (Å²) in [4.78, 5) is 0. The van der Waals surface area contributed by atoms with Crippen LogP contribution in [0.1, 0.15) is 34.7 Å². The molecule has 1 saturated heterocycles. The molecule has 0 saturated carbocycles. The fraction of sp³-hybridized carbons (Fsp3) is 0.478. The molecule has 30 heavy (non-hydrogen) atoms. The lowest BCUT2D eigenvalue weighted by molar-refractivity contribution is -0.369. The van der Waals surface area contributed by atoms with E-state index in [0.717, 1.165) is 23.1 Å². The number of rotatable bonds is 5. The van der Waals surface area contributed by atoms with Crippen molar-refractivity contribution >= 4 is 11.6 Å². The summed E-state index contributed by atoms with van der Waals surface area (Å²) in [7, 11) is 1.48. The van der Waals surface area contributed by atoms with Gasteiger partial charge in [-0.1, -0.05) is 42.8 Å². The lowest BCUT2D eigenvalue weighted by Crippen LogP contribution is -2.63. The highest BCUT2D eigenvalue weighted by molar-refractivity contribution is 6.31. The van der Waals surface area contributed by atoms with Gasteiger partial charge in [0.15, 0.2) is 0 Å². The molecule has 3 N–H and O–H groups in total. The summed E-state index contributed by atoms with van der Waals surface area (Å²) < 4.78 is 17.0. The van der Waals surface area contributed by atoms with Crippen molar-refractivity contribution in [2.75, 3.05) is 13.7 Å². The molecule has 2 aliphatic rings. The quantitative estimate of drug-likeness (QED) is 0.669. The Balaban J connectivity index is 1.70. The summed E-state index contributed by atoms with van der Waals surface area (Å²) >= 11 is 6.54. The van der Waals surface area contributed by atoms with Crippen molar-refractivity contribution in [1.82, 2.24) is 0 Å². The number of halogens is 1. The summed E-state index contributed by atoms with van der Waals surface area (Å²) in [5, 5.41) is 32.1. The number of hydrogen-bond acceptors (Lipinski definition) is 6. The number of aliphatic hydroxyl groups excluding tert-OH is 3. The zero-order valence-corrected chi connectivity index (χ0v) is 17.8. The van der Waals surface area contributed by atoms with Gasteiger partial charge in [0.25, 0.3) is 0 Å². The lowest BCUT2D eigenvalue weighted by Gasteiger charge is -2.46. The Morgan fingerprint density at radius 2 is 1.80 bits per heavy atom. The Hall–Kier alpha value is -1.51. The van der Waals surface area contributed by atoms with Gasteiger partial charge in [-0.2, -0.15) is 0 Å². The summed E-state index contributed by atoms with van der Waals surface area (Å²) in [5.74, 6) is -1.58. The number of aliphatic hydroxyl groups is 3. The minimum Gasteiger partial charge on any atom is -0.387 e. The van der Waals surface area contributed by atoms with Crippen LogP contribution >= 0.6 is 11.6 Å². The lowest BCUT2D eigenvalue weighted by atomic mass is 9.86. The Labute approximate surface area is 181 Å². The molecular weight excluding hydrogens is 408 g/mol. The van der Waals surface area contributed by atoms with Crippen molar-refractivity contribution < 1.29 is 29.5 Å². The highest BCUT2D eigenvalue weighted by Gasteiger charge is 2.58. The topological polar surface area (TPSA) is 88.4 Å². The summed E-state index contributed by atoms with van der Waals surface area (Å²) in [6.07, 6.45) is -3.45. The fourth-order valence-electron chi connectivity index (χ4n) is 4.25. The fourth-order valence-corrected chi connectivity index (χ4v) is 4.50. The SMILES string of the molecule is CCc1ccc(Cc2cc3c(cc2Cl)CO[C@]32O[C@H](COC)[C@@H](O)[C@H](O)[C@H]2O)cc1. The molecule has 2 aromatic carbocycles. The van der Waals surface area contributed by atoms with Gasteiger partial charge in [-0.3, -0.25) is 0 Å². The van der Waals surface area contributed by atoms with Gasteiger partial charge in [0.1, 0.15) is 24.4 Å². The molecule has 0 bridgehead atoms. The Morgan fingerprint density at radius 3 is 2.47 bits per heavy atom. The van der Waals surface area contributed by atoms with E-state index in [0.29, 0.717) is 17.0 Å². The second-order valence-electron chi connectivity index (χ2n) is 7.94. The van der Waals surface area contributed by atoms with E-state index < -0.39 is 30.2 Å². The predicted molar refractivity (Wildman–Crippen MR) is 111 cm³/mol. The van der Waals surface area contributed by atoms with Gasteiger partial charge in [-0.15, -0.1) is 0 Å². The predicted octanol–water partition coefficient (Wildman–Crippen LogP) is 2.30. The van der Waals surface area contributed by atoms with Crippen LogP contribution in [0.4, 0.5) is 0 Å². The molecule has 0 aliphatic carbocycles. The normalized spacial score (nSPS) is 30.6. The van der Waals surface area contributed by atoms with E-state index in [1.165, 1.54) is 12.7 Å². The van der Waals surface area contributed by atoms with Gasteiger partial charge >= 0.3 is 0 Å². The molecule has 4 rings (SSSR count). The standard InChI is InChI=1S/C23H27ClO6/c1-3-13-4-6-14(7-5-13)8-15-9-17-16(10-18(15)24)11-29-23(17)22(27)21(26)20(25)19(30-23)12-28-2/h4-7,9-10,19-22,25-27H,3,8,11-12H2,1-2H3/t19-,20-,21+,22-,23+/m1/s1. The van der Waals surface area contributed by atoms with E-state index in [9.17, 15) is 15.3 Å². The maximum atomic E-state index is 10.8. The van der Waals surface area contributed by atoms with E-state index in [2.05, 4.69) is 31.2 Å². The number of ether oxygens (including phenoxy) is 3.